The van der Waals surface area contributed by atoms with Crippen LogP contribution in [0.2, 0.25) is 0 Å². The van der Waals surface area contributed by atoms with E-state index in [2.05, 4.69) is 71.9 Å². The molecule has 0 saturated heterocycles. The Morgan fingerprint density at radius 2 is 1.88 bits per heavy atom. The van der Waals surface area contributed by atoms with Crippen LogP contribution in [0.1, 0.15) is 63.6 Å². The maximum Gasteiger partial charge on any atom is -0.0129 e. The van der Waals surface area contributed by atoms with Crippen molar-refractivity contribution in [3.8, 4) is 0 Å². The number of benzene rings is 1. The summed E-state index contributed by atoms with van der Waals surface area (Å²) in [5.41, 5.74) is 4.57. The Labute approximate surface area is 107 Å². The summed E-state index contributed by atoms with van der Waals surface area (Å²) in [5, 5.41) is 0. The van der Waals surface area contributed by atoms with Gasteiger partial charge in [-0.3, -0.25) is 0 Å². The normalized spacial score (nSPS) is 14.2. The highest BCUT2D eigenvalue weighted by Gasteiger charge is 2.17. The minimum atomic E-state index is 0.237. The van der Waals surface area contributed by atoms with E-state index in [-0.39, 0.29) is 5.41 Å². The van der Waals surface area contributed by atoms with Gasteiger partial charge in [-0.05, 0) is 48.3 Å². The maximum absolute atomic E-state index is 2.39. The molecule has 1 aromatic carbocycles. The summed E-state index contributed by atoms with van der Waals surface area (Å²) >= 11 is 0. The molecule has 0 aromatic heterocycles. The molecule has 1 aromatic rings. The molecule has 94 valence electrons. The first-order chi connectivity index (χ1) is 7.86. The third-order valence-electron chi connectivity index (χ3n) is 3.36. The van der Waals surface area contributed by atoms with Gasteiger partial charge >= 0.3 is 0 Å². The lowest BCUT2D eigenvalue weighted by molar-refractivity contribution is 0.583. The van der Waals surface area contributed by atoms with Gasteiger partial charge in [0, 0.05) is 0 Å². The molecule has 0 saturated carbocycles. The SMILES string of the molecule is C/C=C\CC(C)c1ccc(C)c(C(C)(C)C)c1. The molecule has 0 heterocycles. The monoisotopic (exact) mass is 230 g/mol. The summed E-state index contributed by atoms with van der Waals surface area (Å²) in [4.78, 5) is 0. The van der Waals surface area contributed by atoms with Crippen molar-refractivity contribution >= 4 is 0 Å². The van der Waals surface area contributed by atoms with Crippen LogP contribution in [-0.2, 0) is 5.41 Å². The maximum atomic E-state index is 2.39. The standard InChI is InChI=1S/C17H26/c1-7-8-9-13(2)15-11-10-14(3)16(12-15)17(4,5)6/h7-8,10-13H,9H2,1-6H3/b8-7-. The van der Waals surface area contributed by atoms with Crippen molar-refractivity contribution in [1.29, 1.82) is 0 Å². The van der Waals surface area contributed by atoms with E-state index in [1.165, 1.54) is 16.7 Å². The quantitative estimate of drug-likeness (QED) is 0.613. The predicted molar refractivity (Wildman–Crippen MR) is 77.7 cm³/mol. The highest BCUT2D eigenvalue weighted by atomic mass is 14.2. The Morgan fingerprint density at radius 3 is 2.41 bits per heavy atom. The topological polar surface area (TPSA) is 0 Å². The van der Waals surface area contributed by atoms with E-state index in [4.69, 9.17) is 0 Å². The third kappa shape index (κ3) is 3.73. The number of hydrogen-bond acceptors (Lipinski definition) is 0. The second-order valence-corrected chi connectivity index (χ2v) is 6.03. The van der Waals surface area contributed by atoms with E-state index in [0.717, 1.165) is 6.42 Å². The van der Waals surface area contributed by atoms with Crippen LogP contribution in [0.25, 0.3) is 0 Å². The molecule has 1 atom stereocenters. The van der Waals surface area contributed by atoms with Crippen LogP contribution in [0.5, 0.6) is 0 Å². The minimum absolute atomic E-state index is 0.237. The van der Waals surface area contributed by atoms with Gasteiger partial charge in [-0.15, -0.1) is 0 Å². The van der Waals surface area contributed by atoms with Gasteiger partial charge in [0.2, 0.25) is 0 Å². The molecule has 0 amide bonds. The number of aryl methyl sites for hydroxylation is 1. The van der Waals surface area contributed by atoms with E-state index in [0.29, 0.717) is 5.92 Å². The minimum Gasteiger partial charge on any atom is -0.0916 e. The smallest absolute Gasteiger partial charge is 0.0129 e. The van der Waals surface area contributed by atoms with Crippen molar-refractivity contribution in [2.75, 3.05) is 0 Å². The Hall–Kier alpha value is -1.04. The molecule has 0 radical (unpaired) electrons. The van der Waals surface area contributed by atoms with Crippen molar-refractivity contribution in [3.63, 3.8) is 0 Å². The lowest BCUT2D eigenvalue weighted by Gasteiger charge is -2.23. The Bertz CT molecular complexity index is 391. The first kappa shape index (κ1) is 14.0. The Morgan fingerprint density at radius 1 is 1.24 bits per heavy atom. The third-order valence-corrected chi connectivity index (χ3v) is 3.36. The fourth-order valence-electron chi connectivity index (χ4n) is 2.23. The lowest BCUT2D eigenvalue weighted by atomic mass is 9.81. The first-order valence-electron chi connectivity index (χ1n) is 6.58. The molecule has 1 unspecified atom stereocenters. The van der Waals surface area contributed by atoms with Crippen LogP contribution in [0.15, 0.2) is 30.4 Å². The van der Waals surface area contributed by atoms with Crippen LogP contribution in [-0.4, -0.2) is 0 Å². The van der Waals surface area contributed by atoms with Crippen LogP contribution in [0, 0.1) is 6.92 Å². The molecule has 0 N–H and O–H groups in total. The van der Waals surface area contributed by atoms with Gasteiger partial charge in [0.15, 0.2) is 0 Å². The van der Waals surface area contributed by atoms with Crippen LogP contribution < -0.4 is 0 Å². The van der Waals surface area contributed by atoms with Crippen molar-refractivity contribution < 1.29 is 0 Å². The highest BCUT2D eigenvalue weighted by Crippen LogP contribution is 2.29. The second kappa shape index (κ2) is 5.53. The van der Waals surface area contributed by atoms with E-state index < -0.39 is 0 Å². The molecule has 17 heavy (non-hydrogen) atoms. The fraction of sp³-hybridized carbons (Fsp3) is 0.529. The molecular formula is C17H26. The summed E-state index contributed by atoms with van der Waals surface area (Å²) in [5.74, 6) is 0.605. The van der Waals surface area contributed by atoms with Gasteiger partial charge in [0.05, 0.1) is 0 Å². The summed E-state index contributed by atoms with van der Waals surface area (Å²) < 4.78 is 0. The number of hydrogen-bond donors (Lipinski definition) is 0. The highest BCUT2D eigenvalue weighted by molar-refractivity contribution is 5.37. The summed E-state index contributed by atoms with van der Waals surface area (Å²) in [6, 6.07) is 6.93. The number of rotatable bonds is 3. The molecule has 0 aliphatic carbocycles. The van der Waals surface area contributed by atoms with Gasteiger partial charge in [-0.1, -0.05) is 58.0 Å². The Balaban J connectivity index is 3.04. The summed E-state index contributed by atoms with van der Waals surface area (Å²) in [6.45, 7) is 13.5. The average Bonchev–Trinajstić information content (AvgIpc) is 2.25. The van der Waals surface area contributed by atoms with Crippen LogP contribution >= 0.6 is 0 Å². The molecule has 0 spiro atoms. The van der Waals surface area contributed by atoms with E-state index in [9.17, 15) is 0 Å². The number of allylic oxidation sites excluding steroid dienone is 2. The molecule has 0 bridgehead atoms. The predicted octanol–water partition coefficient (Wildman–Crippen LogP) is 5.36. The van der Waals surface area contributed by atoms with Crippen molar-refractivity contribution in [2.24, 2.45) is 0 Å². The largest absolute Gasteiger partial charge is 0.0916 e. The molecule has 1 rings (SSSR count). The molecule has 0 fully saturated rings. The molecule has 0 aliphatic heterocycles. The van der Waals surface area contributed by atoms with Crippen molar-refractivity contribution in [3.05, 3.63) is 47.0 Å². The molecular weight excluding hydrogens is 204 g/mol. The first-order valence-corrected chi connectivity index (χ1v) is 6.58. The summed E-state index contributed by atoms with van der Waals surface area (Å²) in [7, 11) is 0. The van der Waals surface area contributed by atoms with E-state index in [1.54, 1.807) is 0 Å². The zero-order valence-corrected chi connectivity index (χ0v) is 12.2. The van der Waals surface area contributed by atoms with Crippen molar-refractivity contribution in [1.82, 2.24) is 0 Å². The van der Waals surface area contributed by atoms with Gasteiger partial charge in [0.25, 0.3) is 0 Å². The summed E-state index contributed by atoms with van der Waals surface area (Å²) in [6.07, 6.45) is 5.51. The van der Waals surface area contributed by atoms with Gasteiger partial charge in [-0.25, -0.2) is 0 Å². The van der Waals surface area contributed by atoms with Gasteiger partial charge in [-0.2, -0.15) is 0 Å². The average molecular weight is 230 g/mol. The van der Waals surface area contributed by atoms with Crippen LogP contribution in [0.4, 0.5) is 0 Å². The zero-order valence-electron chi connectivity index (χ0n) is 12.2. The van der Waals surface area contributed by atoms with E-state index in [1.807, 2.05) is 0 Å². The van der Waals surface area contributed by atoms with Gasteiger partial charge in [0.1, 0.15) is 0 Å². The molecule has 0 heteroatoms. The zero-order chi connectivity index (χ0) is 13.1. The fourth-order valence-corrected chi connectivity index (χ4v) is 2.23. The van der Waals surface area contributed by atoms with Crippen LogP contribution in [0.3, 0.4) is 0 Å². The second-order valence-electron chi connectivity index (χ2n) is 6.03. The van der Waals surface area contributed by atoms with Crippen molar-refractivity contribution in [2.45, 2.75) is 59.3 Å². The molecule has 0 nitrogen and oxygen atoms in total. The van der Waals surface area contributed by atoms with Gasteiger partial charge < -0.3 is 0 Å². The van der Waals surface area contributed by atoms with E-state index >= 15 is 0 Å². The molecule has 0 aliphatic rings. The Kier molecular flexibility index (Phi) is 4.56. The lowest BCUT2D eigenvalue weighted by Crippen LogP contribution is -2.13.